The van der Waals surface area contributed by atoms with Gasteiger partial charge in [0.05, 0.1) is 31.6 Å². The van der Waals surface area contributed by atoms with Crippen LogP contribution in [0.2, 0.25) is 0 Å². The summed E-state index contributed by atoms with van der Waals surface area (Å²) in [6, 6.07) is 21.7. The summed E-state index contributed by atoms with van der Waals surface area (Å²) in [6.45, 7) is 0. The molecule has 3 aromatic carbocycles. The molecule has 2 heterocycles. The maximum atomic E-state index is 13.2. The van der Waals surface area contributed by atoms with Gasteiger partial charge in [0.25, 0.3) is 5.91 Å². The summed E-state index contributed by atoms with van der Waals surface area (Å²) in [5.41, 5.74) is 2.74. The van der Waals surface area contributed by atoms with Crippen LogP contribution < -0.4 is 5.32 Å². The van der Waals surface area contributed by atoms with Crippen LogP contribution in [0.4, 0.5) is 18.9 Å². The van der Waals surface area contributed by atoms with Gasteiger partial charge in [-0.25, -0.2) is 4.68 Å². The number of benzene rings is 3. The van der Waals surface area contributed by atoms with Crippen LogP contribution in [0.3, 0.4) is 0 Å². The summed E-state index contributed by atoms with van der Waals surface area (Å²) in [4.78, 5) is 13.0. The van der Waals surface area contributed by atoms with Gasteiger partial charge in [-0.2, -0.15) is 18.3 Å². The van der Waals surface area contributed by atoms with Crippen LogP contribution in [0, 0.1) is 0 Å². The highest BCUT2D eigenvalue weighted by atomic mass is 79.9. The molecule has 0 aliphatic carbocycles. The van der Waals surface area contributed by atoms with Crippen molar-refractivity contribution < 1.29 is 18.0 Å². The number of halogens is 4. The van der Waals surface area contributed by atoms with E-state index in [4.69, 9.17) is 0 Å². The molecule has 0 aliphatic rings. The molecule has 9 heteroatoms. The molecule has 0 saturated heterocycles. The number of fused-ring (bicyclic) bond motifs is 1. The van der Waals surface area contributed by atoms with Crippen LogP contribution >= 0.6 is 27.3 Å². The summed E-state index contributed by atoms with van der Waals surface area (Å²) in [7, 11) is 0. The second kappa shape index (κ2) is 8.73. The third kappa shape index (κ3) is 4.49. The average Bonchev–Trinajstić information content (AvgIpc) is 3.45. The molecule has 0 fully saturated rings. The fourth-order valence-electron chi connectivity index (χ4n) is 3.59. The lowest BCUT2D eigenvalue weighted by atomic mass is 10.0. The Morgan fingerprint density at radius 3 is 2.41 bits per heavy atom. The van der Waals surface area contributed by atoms with E-state index < -0.39 is 11.7 Å². The molecule has 0 radical (unpaired) electrons. The number of rotatable bonds is 4. The first kappa shape index (κ1) is 22.4. The molecule has 1 amide bonds. The molecule has 2 aromatic heterocycles. The number of anilines is 1. The van der Waals surface area contributed by atoms with Crippen molar-refractivity contribution >= 4 is 49.8 Å². The highest BCUT2D eigenvalue weighted by molar-refractivity contribution is 9.11. The Bertz CT molecular complexity index is 1510. The number of hydrogen-bond acceptors (Lipinski definition) is 3. The van der Waals surface area contributed by atoms with E-state index in [9.17, 15) is 18.0 Å². The predicted octanol–water partition coefficient (Wildman–Crippen LogP) is 7.79. The number of nitrogens with zero attached hydrogens (tertiary/aromatic N) is 2. The third-order valence-electron chi connectivity index (χ3n) is 5.26. The quantitative estimate of drug-likeness (QED) is 0.252. The Morgan fingerprint density at radius 1 is 0.941 bits per heavy atom. The number of nitrogens with one attached hydrogen (secondary N) is 1. The first-order valence-corrected chi connectivity index (χ1v) is 11.7. The van der Waals surface area contributed by atoms with Gasteiger partial charge in [-0.15, -0.1) is 11.3 Å². The first-order chi connectivity index (χ1) is 16.3. The van der Waals surface area contributed by atoms with Crippen molar-refractivity contribution in [2.24, 2.45) is 0 Å². The molecule has 5 aromatic rings. The van der Waals surface area contributed by atoms with Crippen LogP contribution in [0.1, 0.15) is 15.2 Å². The maximum Gasteiger partial charge on any atom is 0.416 e. The lowest BCUT2D eigenvalue weighted by Crippen LogP contribution is -2.09. The molecule has 34 heavy (non-hydrogen) atoms. The molecule has 0 unspecified atom stereocenters. The van der Waals surface area contributed by atoms with Crippen molar-refractivity contribution in [2.75, 3.05) is 5.32 Å². The van der Waals surface area contributed by atoms with E-state index in [0.717, 1.165) is 32.4 Å². The number of thiophene rings is 1. The van der Waals surface area contributed by atoms with Gasteiger partial charge >= 0.3 is 6.18 Å². The maximum absolute atomic E-state index is 13.2. The molecule has 0 saturated carbocycles. The number of hydrogen-bond donors (Lipinski definition) is 1. The average molecular weight is 542 g/mol. The normalized spacial score (nSPS) is 11.6. The van der Waals surface area contributed by atoms with Crippen LogP contribution in [-0.4, -0.2) is 15.7 Å². The zero-order valence-electron chi connectivity index (χ0n) is 17.3. The van der Waals surface area contributed by atoms with Gasteiger partial charge in [0.2, 0.25) is 0 Å². The van der Waals surface area contributed by atoms with Gasteiger partial charge in [-0.1, -0.05) is 30.3 Å². The molecule has 4 nitrogen and oxygen atoms in total. The fraction of sp³-hybridized carbons (Fsp3) is 0.0400. The van der Waals surface area contributed by atoms with Gasteiger partial charge in [0.15, 0.2) is 0 Å². The zero-order chi connectivity index (χ0) is 23.9. The smallest absolute Gasteiger partial charge is 0.321 e. The monoisotopic (exact) mass is 541 g/mol. The minimum absolute atomic E-state index is 0.185. The highest BCUT2D eigenvalue weighted by Crippen LogP contribution is 2.32. The van der Waals surface area contributed by atoms with E-state index in [0.29, 0.717) is 21.8 Å². The standard InChI is InChI=1S/C25H15BrF3N3OS/c26-23-11-10-22(34-23)24(33)31-19-8-6-15(7-9-19)16-4-5-17-14-30-32(21(17)12-16)20-3-1-2-18(13-20)25(27,28)29/h1-14H,(H,31,33). The van der Waals surface area contributed by atoms with Crippen molar-refractivity contribution in [3.8, 4) is 16.8 Å². The predicted molar refractivity (Wildman–Crippen MR) is 131 cm³/mol. The number of carbonyl (C=O) groups is 1. The van der Waals surface area contributed by atoms with Crippen molar-refractivity contribution in [2.45, 2.75) is 6.18 Å². The van der Waals surface area contributed by atoms with Crippen molar-refractivity contribution in [3.05, 3.63) is 99.3 Å². The van der Waals surface area contributed by atoms with E-state index in [1.807, 2.05) is 48.5 Å². The van der Waals surface area contributed by atoms with E-state index in [1.165, 1.54) is 22.1 Å². The number of alkyl halides is 3. The Morgan fingerprint density at radius 2 is 1.71 bits per heavy atom. The zero-order valence-corrected chi connectivity index (χ0v) is 19.7. The number of aromatic nitrogens is 2. The van der Waals surface area contributed by atoms with E-state index in [2.05, 4.69) is 26.3 Å². The lowest BCUT2D eigenvalue weighted by molar-refractivity contribution is -0.137. The lowest BCUT2D eigenvalue weighted by Gasteiger charge is -2.10. The van der Waals surface area contributed by atoms with Gasteiger partial charge in [0, 0.05) is 11.1 Å². The van der Waals surface area contributed by atoms with E-state index in [-0.39, 0.29) is 5.91 Å². The van der Waals surface area contributed by atoms with Crippen LogP contribution in [0.15, 0.2) is 88.8 Å². The molecule has 0 aliphatic heterocycles. The third-order valence-corrected chi connectivity index (χ3v) is 6.88. The minimum Gasteiger partial charge on any atom is -0.321 e. The minimum atomic E-state index is -4.43. The molecule has 0 spiro atoms. The fourth-order valence-corrected chi connectivity index (χ4v) is 4.87. The van der Waals surface area contributed by atoms with Crippen LogP contribution in [0.5, 0.6) is 0 Å². The van der Waals surface area contributed by atoms with Gasteiger partial charge < -0.3 is 5.32 Å². The van der Waals surface area contributed by atoms with Crippen molar-refractivity contribution in [1.29, 1.82) is 0 Å². The summed E-state index contributed by atoms with van der Waals surface area (Å²) in [6.07, 6.45) is -2.80. The molecule has 0 atom stereocenters. The van der Waals surface area contributed by atoms with Gasteiger partial charge in [0.1, 0.15) is 0 Å². The highest BCUT2D eigenvalue weighted by Gasteiger charge is 2.30. The van der Waals surface area contributed by atoms with Crippen molar-refractivity contribution in [1.82, 2.24) is 9.78 Å². The largest absolute Gasteiger partial charge is 0.416 e. The summed E-state index contributed by atoms with van der Waals surface area (Å²) in [5.74, 6) is -0.185. The van der Waals surface area contributed by atoms with E-state index in [1.54, 1.807) is 18.3 Å². The van der Waals surface area contributed by atoms with Gasteiger partial charge in [-0.05, 0) is 75.6 Å². The Labute approximate surface area is 204 Å². The second-order valence-electron chi connectivity index (χ2n) is 7.51. The molecular formula is C25H15BrF3N3OS. The summed E-state index contributed by atoms with van der Waals surface area (Å²) < 4.78 is 41.9. The number of amides is 1. The van der Waals surface area contributed by atoms with Crippen LogP contribution in [0.25, 0.3) is 27.7 Å². The second-order valence-corrected chi connectivity index (χ2v) is 9.98. The van der Waals surface area contributed by atoms with Crippen molar-refractivity contribution in [3.63, 3.8) is 0 Å². The Balaban J connectivity index is 1.43. The van der Waals surface area contributed by atoms with Gasteiger partial charge in [-0.3, -0.25) is 4.79 Å². The Hall–Kier alpha value is -3.43. The van der Waals surface area contributed by atoms with E-state index >= 15 is 0 Å². The Kier molecular flexibility index (Phi) is 5.75. The SMILES string of the molecule is O=C(Nc1ccc(-c2ccc3cnn(-c4cccc(C(F)(F)F)c4)c3c2)cc1)c1ccc(Br)s1. The number of carbonyl (C=O) groups excluding carboxylic acids is 1. The molecular weight excluding hydrogens is 527 g/mol. The topological polar surface area (TPSA) is 46.9 Å². The molecule has 0 bridgehead atoms. The molecule has 5 rings (SSSR count). The summed E-state index contributed by atoms with van der Waals surface area (Å²) >= 11 is 4.70. The summed E-state index contributed by atoms with van der Waals surface area (Å²) in [5, 5.41) is 7.98. The molecule has 170 valence electrons. The first-order valence-electron chi connectivity index (χ1n) is 10.1. The van der Waals surface area contributed by atoms with Crippen LogP contribution in [-0.2, 0) is 6.18 Å². The molecule has 1 N–H and O–H groups in total.